The summed E-state index contributed by atoms with van der Waals surface area (Å²) in [7, 11) is 0. The number of morpholine rings is 1. The van der Waals surface area contributed by atoms with E-state index < -0.39 is 0 Å². The van der Waals surface area contributed by atoms with E-state index in [1.807, 2.05) is 6.92 Å². The fourth-order valence-corrected chi connectivity index (χ4v) is 1.40. The number of nitrogen functional groups attached to an aromatic ring is 1. The third-order valence-electron chi connectivity index (χ3n) is 2.31. The van der Waals surface area contributed by atoms with Gasteiger partial charge in [-0.05, 0) is 6.92 Å². The Bertz CT molecular complexity index is 323. The van der Waals surface area contributed by atoms with Crippen LogP contribution in [-0.2, 0) is 4.74 Å². The van der Waals surface area contributed by atoms with Crippen molar-refractivity contribution in [3.05, 3.63) is 11.9 Å². The Labute approximate surface area is 82.9 Å². The molecule has 2 rings (SSSR count). The largest absolute Gasteiger partial charge is 0.382 e. The van der Waals surface area contributed by atoms with Gasteiger partial charge in [-0.15, -0.1) is 0 Å². The number of ether oxygens (including phenoxy) is 1. The molecule has 0 bridgehead atoms. The highest BCUT2D eigenvalue weighted by Gasteiger charge is 2.13. The number of hydrogen-bond donors (Lipinski definition) is 1. The average molecular weight is 194 g/mol. The lowest BCUT2D eigenvalue weighted by molar-refractivity contribution is 0.122. The molecule has 14 heavy (non-hydrogen) atoms. The summed E-state index contributed by atoms with van der Waals surface area (Å²) in [6.07, 6.45) is 1.76. The second-order valence-corrected chi connectivity index (χ2v) is 3.30. The van der Waals surface area contributed by atoms with E-state index in [2.05, 4.69) is 14.9 Å². The molecule has 1 saturated heterocycles. The van der Waals surface area contributed by atoms with E-state index in [0.29, 0.717) is 5.82 Å². The number of nitrogens with two attached hydrogens (primary N) is 1. The second-order valence-electron chi connectivity index (χ2n) is 3.30. The van der Waals surface area contributed by atoms with Gasteiger partial charge in [0.15, 0.2) is 0 Å². The maximum atomic E-state index is 5.70. The topological polar surface area (TPSA) is 64.3 Å². The van der Waals surface area contributed by atoms with Gasteiger partial charge in [-0.3, -0.25) is 4.98 Å². The maximum absolute atomic E-state index is 5.70. The summed E-state index contributed by atoms with van der Waals surface area (Å²) in [6.45, 7) is 5.06. The van der Waals surface area contributed by atoms with Gasteiger partial charge in [0.2, 0.25) is 0 Å². The molecule has 0 unspecified atom stereocenters. The summed E-state index contributed by atoms with van der Waals surface area (Å²) in [5.41, 5.74) is 6.48. The third kappa shape index (κ3) is 1.77. The number of nitrogens with zero attached hydrogens (tertiary/aromatic N) is 3. The van der Waals surface area contributed by atoms with Crippen LogP contribution < -0.4 is 10.6 Å². The smallest absolute Gasteiger partial charge is 0.149 e. The van der Waals surface area contributed by atoms with Crippen molar-refractivity contribution in [1.82, 2.24) is 9.97 Å². The van der Waals surface area contributed by atoms with Crippen LogP contribution in [0.5, 0.6) is 0 Å². The zero-order valence-electron chi connectivity index (χ0n) is 8.23. The molecule has 0 saturated carbocycles. The standard InChI is InChI=1S/C9H14N4O/c1-7-9(10)12-8(6-11-7)13-2-4-14-5-3-13/h6H,2-5H2,1H3,(H2,10,12). The van der Waals surface area contributed by atoms with Crippen LogP contribution in [0.15, 0.2) is 6.20 Å². The van der Waals surface area contributed by atoms with Crippen LogP contribution in [0.25, 0.3) is 0 Å². The van der Waals surface area contributed by atoms with Crippen LogP contribution in [0, 0.1) is 6.92 Å². The molecule has 1 aromatic rings. The van der Waals surface area contributed by atoms with Crippen LogP contribution in [0.1, 0.15) is 5.69 Å². The van der Waals surface area contributed by atoms with E-state index in [-0.39, 0.29) is 0 Å². The van der Waals surface area contributed by atoms with Crippen molar-refractivity contribution < 1.29 is 4.74 Å². The van der Waals surface area contributed by atoms with E-state index in [1.54, 1.807) is 6.20 Å². The minimum atomic E-state index is 0.508. The highest BCUT2D eigenvalue weighted by atomic mass is 16.5. The Morgan fingerprint density at radius 1 is 1.43 bits per heavy atom. The van der Waals surface area contributed by atoms with E-state index in [1.165, 1.54) is 0 Å². The molecule has 1 fully saturated rings. The van der Waals surface area contributed by atoms with Crippen LogP contribution in [0.2, 0.25) is 0 Å². The van der Waals surface area contributed by atoms with Crippen molar-refractivity contribution in [2.45, 2.75) is 6.92 Å². The summed E-state index contributed by atoms with van der Waals surface area (Å²) in [6, 6.07) is 0. The molecule has 1 aromatic heterocycles. The predicted octanol–water partition coefficient (Wildman–Crippen LogP) is 0.204. The number of anilines is 2. The molecule has 5 heteroatoms. The van der Waals surface area contributed by atoms with Crippen molar-refractivity contribution in [3.63, 3.8) is 0 Å². The highest BCUT2D eigenvalue weighted by molar-refractivity contribution is 5.45. The first-order valence-corrected chi connectivity index (χ1v) is 4.69. The fraction of sp³-hybridized carbons (Fsp3) is 0.556. The van der Waals surface area contributed by atoms with Crippen molar-refractivity contribution in [3.8, 4) is 0 Å². The molecule has 1 aliphatic rings. The minimum absolute atomic E-state index is 0.508. The number of rotatable bonds is 1. The van der Waals surface area contributed by atoms with Gasteiger partial charge in [0, 0.05) is 13.1 Å². The molecular formula is C9H14N4O. The third-order valence-corrected chi connectivity index (χ3v) is 2.31. The quantitative estimate of drug-likeness (QED) is 0.692. The van der Waals surface area contributed by atoms with Gasteiger partial charge in [0.25, 0.3) is 0 Å². The lowest BCUT2D eigenvalue weighted by atomic mass is 10.4. The normalized spacial score (nSPS) is 17.1. The summed E-state index contributed by atoms with van der Waals surface area (Å²) in [4.78, 5) is 10.6. The Morgan fingerprint density at radius 2 is 2.14 bits per heavy atom. The monoisotopic (exact) mass is 194 g/mol. The molecule has 1 aliphatic heterocycles. The number of hydrogen-bond acceptors (Lipinski definition) is 5. The molecule has 76 valence electrons. The minimum Gasteiger partial charge on any atom is -0.382 e. The first-order chi connectivity index (χ1) is 6.77. The molecule has 0 spiro atoms. The Kier molecular flexibility index (Phi) is 2.49. The van der Waals surface area contributed by atoms with Gasteiger partial charge in [-0.1, -0.05) is 0 Å². The summed E-state index contributed by atoms with van der Waals surface area (Å²) in [5, 5.41) is 0. The molecular weight excluding hydrogens is 180 g/mol. The second kappa shape index (κ2) is 3.79. The van der Waals surface area contributed by atoms with E-state index in [4.69, 9.17) is 10.5 Å². The van der Waals surface area contributed by atoms with Gasteiger partial charge in [0.1, 0.15) is 11.6 Å². The lowest BCUT2D eigenvalue weighted by Crippen LogP contribution is -2.36. The summed E-state index contributed by atoms with van der Waals surface area (Å²) in [5.74, 6) is 1.35. The SMILES string of the molecule is Cc1ncc(N2CCOCC2)nc1N. The highest BCUT2D eigenvalue weighted by Crippen LogP contribution is 2.14. The molecule has 2 heterocycles. The van der Waals surface area contributed by atoms with Crippen LogP contribution in [-0.4, -0.2) is 36.3 Å². The van der Waals surface area contributed by atoms with Crippen molar-refractivity contribution in [2.75, 3.05) is 36.9 Å². The molecule has 0 aromatic carbocycles. The zero-order chi connectivity index (χ0) is 9.97. The molecule has 0 amide bonds. The van der Waals surface area contributed by atoms with E-state index in [9.17, 15) is 0 Å². The van der Waals surface area contributed by atoms with Crippen LogP contribution in [0.4, 0.5) is 11.6 Å². The van der Waals surface area contributed by atoms with E-state index in [0.717, 1.165) is 37.8 Å². The van der Waals surface area contributed by atoms with Crippen LogP contribution >= 0.6 is 0 Å². The zero-order valence-corrected chi connectivity index (χ0v) is 8.23. The average Bonchev–Trinajstić information content (AvgIpc) is 2.23. The fourth-order valence-electron chi connectivity index (χ4n) is 1.40. The number of aromatic nitrogens is 2. The van der Waals surface area contributed by atoms with Crippen molar-refractivity contribution in [2.24, 2.45) is 0 Å². The van der Waals surface area contributed by atoms with Gasteiger partial charge < -0.3 is 15.4 Å². The first-order valence-electron chi connectivity index (χ1n) is 4.69. The van der Waals surface area contributed by atoms with Crippen LogP contribution in [0.3, 0.4) is 0 Å². The van der Waals surface area contributed by atoms with Gasteiger partial charge in [-0.25, -0.2) is 4.98 Å². The van der Waals surface area contributed by atoms with Gasteiger partial charge >= 0.3 is 0 Å². The predicted molar refractivity (Wildman–Crippen MR) is 54.2 cm³/mol. The van der Waals surface area contributed by atoms with E-state index >= 15 is 0 Å². The molecule has 5 nitrogen and oxygen atoms in total. The molecule has 2 N–H and O–H groups in total. The Hall–Kier alpha value is -1.36. The Morgan fingerprint density at radius 3 is 2.79 bits per heavy atom. The molecule has 0 radical (unpaired) electrons. The van der Waals surface area contributed by atoms with Gasteiger partial charge in [0.05, 0.1) is 25.1 Å². The first kappa shape index (κ1) is 9.21. The maximum Gasteiger partial charge on any atom is 0.149 e. The number of aryl methyl sites for hydroxylation is 1. The molecule has 0 atom stereocenters. The van der Waals surface area contributed by atoms with Gasteiger partial charge in [-0.2, -0.15) is 0 Å². The van der Waals surface area contributed by atoms with Crippen molar-refractivity contribution in [1.29, 1.82) is 0 Å². The summed E-state index contributed by atoms with van der Waals surface area (Å²) < 4.78 is 5.25. The van der Waals surface area contributed by atoms with Crippen molar-refractivity contribution >= 4 is 11.6 Å². The molecule has 0 aliphatic carbocycles. The lowest BCUT2D eigenvalue weighted by Gasteiger charge is -2.27. The summed E-state index contributed by atoms with van der Waals surface area (Å²) >= 11 is 0. The Balaban J connectivity index is 2.18.